The maximum absolute atomic E-state index is 13.9. The van der Waals surface area contributed by atoms with Crippen LogP contribution in [0.1, 0.15) is 92.4 Å². The van der Waals surface area contributed by atoms with E-state index in [1.165, 1.54) is 6.42 Å². The molecule has 6 heteroatoms. The molecule has 3 saturated carbocycles. The van der Waals surface area contributed by atoms with E-state index in [-0.39, 0.29) is 30.0 Å². The molecule has 224 valence electrons. The molecule has 6 rings (SSSR count). The van der Waals surface area contributed by atoms with E-state index in [1.54, 1.807) is 0 Å². The van der Waals surface area contributed by atoms with Crippen LogP contribution in [0, 0.1) is 51.8 Å². The average molecular weight is 556 g/mol. The lowest BCUT2D eigenvalue weighted by Crippen LogP contribution is -2.65. The first-order chi connectivity index (χ1) is 19.2. The highest BCUT2D eigenvalue weighted by Crippen LogP contribution is 2.84. The fourth-order valence-electron chi connectivity index (χ4n) is 11.5. The summed E-state index contributed by atoms with van der Waals surface area (Å²) >= 11 is 0. The number of hydrogen-bond donors (Lipinski definition) is 1. The molecule has 4 bridgehead atoms. The van der Waals surface area contributed by atoms with Crippen LogP contribution in [-0.4, -0.2) is 66.8 Å². The van der Waals surface area contributed by atoms with Crippen molar-refractivity contribution >= 4 is 12.3 Å². The molecule has 6 aliphatic rings. The number of likely N-dealkylation sites (tertiary alicyclic amines) is 1. The molecule has 11 atom stereocenters. The van der Waals surface area contributed by atoms with Crippen LogP contribution < -0.4 is 0 Å². The third-order valence-corrected chi connectivity index (χ3v) is 13.0. The highest BCUT2D eigenvalue weighted by molar-refractivity contribution is 5.90. The van der Waals surface area contributed by atoms with Gasteiger partial charge in [-0.3, -0.25) is 9.69 Å². The zero-order valence-corrected chi connectivity index (χ0v) is 25.6. The molecule has 40 heavy (non-hydrogen) atoms. The summed E-state index contributed by atoms with van der Waals surface area (Å²) in [6.07, 6.45) is 12.9. The number of hydrogen-bond acceptors (Lipinski definition) is 5. The van der Waals surface area contributed by atoms with Gasteiger partial charge in [-0.2, -0.15) is 0 Å². The van der Waals surface area contributed by atoms with Gasteiger partial charge in [-0.05, 0) is 81.0 Å². The molecule has 1 N–H and O–H groups in total. The monoisotopic (exact) mass is 555 g/mol. The molecule has 6 nitrogen and oxygen atoms in total. The molecule has 7 unspecified atom stereocenters. The number of aldehydes is 1. The van der Waals surface area contributed by atoms with Crippen LogP contribution in [-0.2, 0) is 19.1 Å². The Labute approximate surface area is 241 Å². The molecule has 0 spiro atoms. The lowest BCUT2D eigenvalue weighted by atomic mass is 9.41. The van der Waals surface area contributed by atoms with Crippen molar-refractivity contribution < 1.29 is 24.2 Å². The van der Waals surface area contributed by atoms with Crippen LogP contribution in [0.15, 0.2) is 11.6 Å². The topological polar surface area (TPSA) is 76.1 Å². The van der Waals surface area contributed by atoms with Crippen molar-refractivity contribution in [1.82, 2.24) is 4.90 Å². The second-order valence-electron chi connectivity index (χ2n) is 14.8. The van der Waals surface area contributed by atoms with Crippen molar-refractivity contribution in [2.24, 2.45) is 51.8 Å². The predicted octanol–water partition coefficient (Wildman–Crippen LogP) is 5.99. The zero-order valence-electron chi connectivity index (χ0n) is 25.6. The lowest BCUT2D eigenvalue weighted by molar-refractivity contribution is -0.197. The van der Waals surface area contributed by atoms with Gasteiger partial charge in [-0.1, -0.05) is 58.6 Å². The van der Waals surface area contributed by atoms with Gasteiger partial charge in [-0.15, -0.1) is 0 Å². The summed E-state index contributed by atoms with van der Waals surface area (Å²) in [7, 11) is 0. The van der Waals surface area contributed by atoms with Crippen molar-refractivity contribution in [3.63, 3.8) is 0 Å². The summed E-state index contributed by atoms with van der Waals surface area (Å²) < 4.78 is 13.2. The third kappa shape index (κ3) is 3.70. The number of carbonyl (C=O) groups excluding carboxylic acids is 1. The molecule has 2 aliphatic heterocycles. The maximum atomic E-state index is 13.9. The van der Waals surface area contributed by atoms with Crippen molar-refractivity contribution in [2.75, 3.05) is 26.2 Å². The Balaban J connectivity index is 1.40. The van der Waals surface area contributed by atoms with E-state index in [4.69, 9.17) is 9.47 Å². The molecule has 0 aromatic carbocycles. The molecule has 0 aromatic heterocycles. The zero-order chi connectivity index (χ0) is 28.4. The molecule has 2 saturated heterocycles. The molecule has 0 amide bonds. The van der Waals surface area contributed by atoms with Gasteiger partial charge in [0.25, 0.3) is 0 Å². The minimum absolute atomic E-state index is 0.101. The number of carboxylic acids is 1. The standard InChI is InChI=1S/C34H53NO5/c1-6-8-9-23-14-30(40-29(23)19-35-13-12-25(18-35)39-7-2)33-17-26-22(5)10-11-27(26)32(20-36)16-24(33)15-28(21(3)4)34(32,33)31(37)38/h15,20-27,29-30H,6-14,16-19H2,1-5H3,(H,37,38)/t22-,23?,24?,25+,26-,27-,29?,30?,32?,33?,34?/m1/s1. The number of fused-ring (bicyclic) bond motifs is 2. The molecule has 0 aromatic rings. The highest BCUT2D eigenvalue weighted by atomic mass is 16.5. The molecule has 2 heterocycles. The lowest BCUT2D eigenvalue weighted by Gasteiger charge is -2.60. The number of aliphatic carboxylic acids is 1. The Bertz CT molecular complexity index is 1030. The maximum Gasteiger partial charge on any atom is 0.315 e. The predicted molar refractivity (Wildman–Crippen MR) is 155 cm³/mol. The first-order valence-electron chi connectivity index (χ1n) is 16.6. The summed E-state index contributed by atoms with van der Waals surface area (Å²) in [6.45, 7) is 14.6. The van der Waals surface area contributed by atoms with Crippen LogP contribution in [0.3, 0.4) is 0 Å². The number of carboxylic acid groups (broad SMARTS) is 1. The largest absolute Gasteiger partial charge is 0.481 e. The Morgan fingerprint density at radius 2 is 2.05 bits per heavy atom. The number of carbonyl (C=O) groups is 2. The SMILES string of the molecule is CCCCC1CC(C23C[C@@H]4[C@H](C)CC[C@H]4C4(C=O)CC2C=C(C(C)C)C34C(=O)O)OC1CN1CC[C@H](OCC)C1. The highest BCUT2D eigenvalue weighted by Gasteiger charge is 2.86. The molecule has 5 fully saturated rings. The summed E-state index contributed by atoms with van der Waals surface area (Å²) in [6, 6.07) is 0. The van der Waals surface area contributed by atoms with Crippen LogP contribution in [0.2, 0.25) is 0 Å². The van der Waals surface area contributed by atoms with Crippen molar-refractivity contribution in [1.29, 1.82) is 0 Å². The summed E-state index contributed by atoms with van der Waals surface area (Å²) in [4.78, 5) is 29.9. The van der Waals surface area contributed by atoms with Gasteiger partial charge >= 0.3 is 5.97 Å². The van der Waals surface area contributed by atoms with Crippen LogP contribution >= 0.6 is 0 Å². The number of allylic oxidation sites excluding steroid dienone is 1. The van der Waals surface area contributed by atoms with E-state index in [2.05, 4.69) is 45.6 Å². The van der Waals surface area contributed by atoms with E-state index < -0.39 is 22.2 Å². The normalized spacial score (nSPS) is 47.7. The van der Waals surface area contributed by atoms with Gasteiger partial charge < -0.3 is 19.4 Å². The molecule has 0 radical (unpaired) electrons. The first-order valence-corrected chi connectivity index (χ1v) is 16.6. The molecule has 4 aliphatic carbocycles. The van der Waals surface area contributed by atoms with Gasteiger partial charge in [0, 0.05) is 31.7 Å². The number of nitrogens with zero attached hydrogens (tertiary/aromatic N) is 1. The third-order valence-electron chi connectivity index (χ3n) is 13.0. The first kappa shape index (κ1) is 28.9. The quantitative estimate of drug-likeness (QED) is 0.249. The van der Waals surface area contributed by atoms with Gasteiger partial charge in [0.1, 0.15) is 11.7 Å². The molecular formula is C34H53NO5. The van der Waals surface area contributed by atoms with Crippen molar-refractivity contribution in [3.8, 4) is 0 Å². The smallest absolute Gasteiger partial charge is 0.315 e. The van der Waals surface area contributed by atoms with Crippen LogP contribution in [0.25, 0.3) is 0 Å². The second kappa shape index (κ2) is 10.5. The fraction of sp³-hybridized carbons (Fsp3) is 0.882. The van der Waals surface area contributed by atoms with E-state index in [1.807, 2.05) is 0 Å². The Morgan fingerprint density at radius 1 is 1.25 bits per heavy atom. The summed E-state index contributed by atoms with van der Waals surface area (Å²) in [5.41, 5.74) is -1.46. The summed E-state index contributed by atoms with van der Waals surface area (Å²) in [5, 5.41) is 11.4. The Morgan fingerprint density at radius 3 is 2.73 bits per heavy atom. The Kier molecular flexibility index (Phi) is 7.56. The minimum Gasteiger partial charge on any atom is -0.481 e. The van der Waals surface area contributed by atoms with Crippen LogP contribution in [0.5, 0.6) is 0 Å². The van der Waals surface area contributed by atoms with Gasteiger partial charge in [0.15, 0.2) is 0 Å². The van der Waals surface area contributed by atoms with E-state index >= 15 is 0 Å². The van der Waals surface area contributed by atoms with Gasteiger partial charge in [0.05, 0.1) is 23.7 Å². The second-order valence-corrected chi connectivity index (χ2v) is 14.8. The number of unbranched alkanes of at least 4 members (excludes halogenated alkanes) is 1. The van der Waals surface area contributed by atoms with Crippen molar-refractivity contribution in [2.45, 2.75) is 111 Å². The minimum atomic E-state index is -1.14. The Hall–Kier alpha value is -1.24. The van der Waals surface area contributed by atoms with Crippen LogP contribution in [0.4, 0.5) is 0 Å². The van der Waals surface area contributed by atoms with E-state index in [0.717, 1.165) is 83.0 Å². The summed E-state index contributed by atoms with van der Waals surface area (Å²) in [5.74, 6) is 0.993. The molecular weight excluding hydrogens is 502 g/mol. The number of ether oxygens (including phenoxy) is 2. The van der Waals surface area contributed by atoms with E-state index in [9.17, 15) is 14.7 Å². The average Bonchev–Trinajstić information content (AvgIpc) is 3.72. The fourth-order valence-corrected chi connectivity index (χ4v) is 11.5. The van der Waals surface area contributed by atoms with Crippen molar-refractivity contribution in [3.05, 3.63) is 11.6 Å². The van der Waals surface area contributed by atoms with Gasteiger partial charge in [-0.25, -0.2) is 0 Å². The number of rotatable bonds is 11. The van der Waals surface area contributed by atoms with Gasteiger partial charge in [0.2, 0.25) is 0 Å². The van der Waals surface area contributed by atoms with E-state index in [0.29, 0.717) is 30.3 Å².